The van der Waals surface area contributed by atoms with E-state index in [1.54, 1.807) is 11.8 Å². The molecule has 0 atom stereocenters. The summed E-state index contributed by atoms with van der Waals surface area (Å²) in [6.45, 7) is 0. The van der Waals surface area contributed by atoms with Gasteiger partial charge in [-0.05, 0) is 48.1 Å². The maximum atomic E-state index is 8.84. The third kappa shape index (κ3) is 2.87. The molecule has 1 aromatic heterocycles. The van der Waals surface area contributed by atoms with Gasteiger partial charge in [0.2, 0.25) is 5.95 Å². The van der Waals surface area contributed by atoms with Crippen molar-refractivity contribution >= 4 is 28.6 Å². The molecule has 0 spiro atoms. The van der Waals surface area contributed by atoms with Gasteiger partial charge >= 0.3 is 0 Å². The van der Waals surface area contributed by atoms with Crippen LogP contribution in [-0.2, 0) is 6.42 Å². The molecule has 0 fully saturated rings. The van der Waals surface area contributed by atoms with E-state index in [0.29, 0.717) is 11.5 Å². The zero-order valence-electron chi connectivity index (χ0n) is 12.1. The molecule has 0 aliphatic heterocycles. The second-order valence-electron chi connectivity index (χ2n) is 4.93. The molecule has 108 valence electrons. The normalized spacial score (nSPS) is 10.5. The lowest BCUT2D eigenvalue weighted by atomic mass is 10.0. The largest absolute Gasteiger partial charge is 0.368 e. The van der Waals surface area contributed by atoms with Crippen molar-refractivity contribution in [3.63, 3.8) is 0 Å². The number of aromatic nitrogens is 2. The fourth-order valence-electron chi connectivity index (χ4n) is 2.36. The Hall–Kier alpha value is -2.58. The van der Waals surface area contributed by atoms with Crippen LogP contribution in [0.25, 0.3) is 10.9 Å². The molecule has 3 aromatic rings. The number of nitrogens with zero attached hydrogens (tertiary/aromatic N) is 3. The van der Waals surface area contributed by atoms with Crippen molar-refractivity contribution in [2.24, 2.45) is 0 Å². The summed E-state index contributed by atoms with van der Waals surface area (Å²) in [5, 5.41) is 10.8. The van der Waals surface area contributed by atoms with Crippen molar-refractivity contribution in [2.75, 3.05) is 12.0 Å². The average Bonchev–Trinajstić information content (AvgIpc) is 2.55. The van der Waals surface area contributed by atoms with Crippen molar-refractivity contribution in [3.8, 4) is 6.07 Å². The van der Waals surface area contributed by atoms with Gasteiger partial charge in [0.25, 0.3) is 0 Å². The Labute approximate surface area is 133 Å². The number of thioether (sulfide) groups is 1. The van der Waals surface area contributed by atoms with Gasteiger partial charge in [0, 0.05) is 5.39 Å². The number of benzene rings is 2. The Bertz CT molecular complexity index is 866. The first-order chi connectivity index (χ1) is 10.7. The Morgan fingerprint density at radius 3 is 2.50 bits per heavy atom. The predicted molar refractivity (Wildman–Crippen MR) is 89.7 cm³/mol. The minimum atomic E-state index is 0.302. The van der Waals surface area contributed by atoms with E-state index in [2.05, 4.69) is 28.2 Å². The van der Waals surface area contributed by atoms with Crippen LogP contribution in [-0.4, -0.2) is 16.2 Å². The molecular weight excluding hydrogens is 292 g/mol. The van der Waals surface area contributed by atoms with Gasteiger partial charge in [-0.15, -0.1) is 11.8 Å². The summed E-state index contributed by atoms with van der Waals surface area (Å²) in [5.41, 5.74) is 9.61. The van der Waals surface area contributed by atoms with Crippen LogP contribution < -0.4 is 5.73 Å². The fraction of sp³-hybridized carbons (Fsp3) is 0.118. The third-order valence-corrected chi connectivity index (χ3v) is 4.13. The van der Waals surface area contributed by atoms with Crippen LogP contribution in [0.3, 0.4) is 0 Å². The maximum Gasteiger partial charge on any atom is 0.221 e. The first kappa shape index (κ1) is 14.4. The van der Waals surface area contributed by atoms with E-state index in [-0.39, 0.29) is 0 Å². The Kier molecular flexibility index (Phi) is 3.94. The summed E-state index contributed by atoms with van der Waals surface area (Å²) >= 11 is 1.57. The zero-order valence-corrected chi connectivity index (χ0v) is 12.9. The lowest BCUT2D eigenvalue weighted by Crippen LogP contribution is -1.98. The van der Waals surface area contributed by atoms with Crippen molar-refractivity contribution in [1.29, 1.82) is 5.26 Å². The van der Waals surface area contributed by atoms with E-state index in [4.69, 9.17) is 11.0 Å². The van der Waals surface area contributed by atoms with Crippen molar-refractivity contribution in [2.45, 2.75) is 11.4 Å². The van der Waals surface area contributed by atoms with Gasteiger partial charge in [0.05, 0.1) is 17.1 Å². The molecule has 0 aliphatic rings. The number of hydrogen-bond acceptors (Lipinski definition) is 5. The number of nitrogens with two attached hydrogens (primary N) is 1. The number of fused-ring (bicyclic) bond motifs is 1. The summed E-state index contributed by atoms with van der Waals surface area (Å²) in [7, 11) is 0. The van der Waals surface area contributed by atoms with Crippen LogP contribution >= 0.6 is 11.8 Å². The molecule has 22 heavy (non-hydrogen) atoms. The van der Waals surface area contributed by atoms with Crippen molar-refractivity contribution in [3.05, 3.63) is 59.2 Å². The number of hydrogen-bond donors (Lipinski definition) is 1. The smallest absolute Gasteiger partial charge is 0.221 e. The van der Waals surface area contributed by atoms with E-state index in [9.17, 15) is 0 Å². The Morgan fingerprint density at radius 1 is 1.09 bits per heavy atom. The molecule has 3 rings (SSSR count). The van der Waals surface area contributed by atoms with Crippen LogP contribution in [0, 0.1) is 11.3 Å². The number of anilines is 1. The Balaban J connectivity index is 1.97. The minimum absolute atomic E-state index is 0.302. The fourth-order valence-corrected chi connectivity index (χ4v) is 2.93. The third-order valence-electron chi connectivity index (χ3n) is 3.43. The molecule has 0 unspecified atom stereocenters. The molecule has 1 heterocycles. The lowest BCUT2D eigenvalue weighted by molar-refractivity contribution is 1.11. The van der Waals surface area contributed by atoms with Crippen LogP contribution in [0.5, 0.6) is 0 Å². The summed E-state index contributed by atoms with van der Waals surface area (Å²) < 4.78 is 0. The highest BCUT2D eigenvalue weighted by Gasteiger charge is 2.07. The molecule has 5 heteroatoms. The van der Waals surface area contributed by atoms with Gasteiger partial charge in [0.1, 0.15) is 5.03 Å². The lowest BCUT2D eigenvalue weighted by Gasteiger charge is -2.07. The summed E-state index contributed by atoms with van der Waals surface area (Å²) in [6, 6.07) is 15.9. The van der Waals surface area contributed by atoms with E-state index in [0.717, 1.165) is 22.3 Å². The van der Waals surface area contributed by atoms with Gasteiger partial charge in [-0.3, -0.25) is 0 Å². The molecule has 4 nitrogen and oxygen atoms in total. The molecule has 0 radical (unpaired) electrons. The zero-order chi connectivity index (χ0) is 15.5. The summed E-state index contributed by atoms with van der Waals surface area (Å²) in [6.07, 6.45) is 2.79. The van der Waals surface area contributed by atoms with E-state index in [1.165, 1.54) is 11.1 Å². The van der Waals surface area contributed by atoms with Crippen LogP contribution in [0.15, 0.2) is 47.5 Å². The van der Waals surface area contributed by atoms with Gasteiger partial charge in [-0.2, -0.15) is 5.26 Å². The van der Waals surface area contributed by atoms with E-state index >= 15 is 0 Å². The molecule has 2 aromatic carbocycles. The van der Waals surface area contributed by atoms with Crippen molar-refractivity contribution < 1.29 is 0 Å². The molecule has 0 aliphatic carbocycles. The van der Waals surface area contributed by atoms with Crippen LogP contribution in [0.2, 0.25) is 0 Å². The molecule has 0 saturated carbocycles. The number of nitriles is 1. The second kappa shape index (κ2) is 6.04. The van der Waals surface area contributed by atoms with Crippen LogP contribution in [0.4, 0.5) is 5.95 Å². The Morgan fingerprint density at radius 2 is 1.82 bits per heavy atom. The first-order valence-electron chi connectivity index (χ1n) is 6.79. The molecule has 0 amide bonds. The minimum Gasteiger partial charge on any atom is -0.368 e. The van der Waals surface area contributed by atoms with Gasteiger partial charge in [0.15, 0.2) is 0 Å². The topological polar surface area (TPSA) is 75.6 Å². The highest BCUT2D eigenvalue weighted by Crippen LogP contribution is 2.26. The first-order valence-corrected chi connectivity index (χ1v) is 8.01. The van der Waals surface area contributed by atoms with Gasteiger partial charge in [-0.1, -0.05) is 18.2 Å². The standard InChI is InChI=1S/C17H14N4S/c1-22-16-14-9-13(6-7-15(14)20-17(19)21-16)8-11-2-4-12(10-18)5-3-11/h2-7,9H,8H2,1H3,(H2,19,20,21). The molecular formula is C17H14N4S. The molecule has 0 bridgehead atoms. The number of nitrogen functional groups attached to an aromatic ring is 1. The number of rotatable bonds is 3. The average molecular weight is 306 g/mol. The quantitative estimate of drug-likeness (QED) is 0.593. The summed E-state index contributed by atoms with van der Waals surface area (Å²) in [4.78, 5) is 8.56. The summed E-state index contributed by atoms with van der Waals surface area (Å²) in [5.74, 6) is 0.302. The van der Waals surface area contributed by atoms with Gasteiger partial charge in [-0.25, -0.2) is 9.97 Å². The van der Waals surface area contributed by atoms with Crippen LogP contribution in [0.1, 0.15) is 16.7 Å². The van der Waals surface area contributed by atoms with E-state index < -0.39 is 0 Å². The highest BCUT2D eigenvalue weighted by molar-refractivity contribution is 7.98. The predicted octanol–water partition coefficient (Wildman–Crippen LogP) is 3.40. The molecule has 0 saturated heterocycles. The second-order valence-corrected chi connectivity index (χ2v) is 5.72. The van der Waals surface area contributed by atoms with Gasteiger partial charge < -0.3 is 5.73 Å². The monoisotopic (exact) mass is 306 g/mol. The SMILES string of the molecule is CSc1nc(N)nc2ccc(Cc3ccc(C#N)cc3)cc12. The van der Waals surface area contributed by atoms with Crippen molar-refractivity contribution in [1.82, 2.24) is 9.97 Å². The molecule has 2 N–H and O–H groups in total. The van der Waals surface area contributed by atoms with E-state index in [1.807, 2.05) is 36.6 Å². The maximum absolute atomic E-state index is 8.84. The highest BCUT2D eigenvalue weighted by atomic mass is 32.2.